The van der Waals surface area contributed by atoms with E-state index >= 15 is 0 Å². The van der Waals surface area contributed by atoms with Crippen molar-refractivity contribution in [2.24, 2.45) is 0 Å². The Bertz CT molecular complexity index is 900. The van der Waals surface area contributed by atoms with Crippen molar-refractivity contribution >= 4 is 17.1 Å². The van der Waals surface area contributed by atoms with Crippen LogP contribution in [0, 0.1) is 0 Å². The first kappa shape index (κ1) is 14.9. The number of nitrogens with zero attached hydrogens (tertiary/aromatic N) is 5. The van der Waals surface area contributed by atoms with Gasteiger partial charge in [-0.25, -0.2) is 14.5 Å². The van der Waals surface area contributed by atoms with E-state index in [4.69, 9.17) is 0 Å². The molecule has 118 valence electrons. The molecule has 0 bridgehead atoms. The third kappa shape index (κ3) is 2.70. The molecule has 1 aromatic carbocycles. The highest BCUT2D eigenvalue weighted by Crippen LogP contribution is 2.09. The Balaban J connectivity index is 2.01. The summed E-state index contributed by atoms with van der Waals surface area (Å²) >= 11 is 0. The second-order valence-electron chi connectivity index (χ2n) is 5.06. The first-order chi connectivity index (χ1) is 11.1. The molecule has 0 spiro atoms. The van der Waals surface area contributed by atoms with Crippen molar-refractivity contribution < 1.29 is 9.53 Å². The summed E-state index contributed by atoms with van der Waals surface area (Å²) in [4.78, 5) is 28.3. The van der Waals surface area contributed by atoms with Crippen molar-refractivity contribution in [3.05, 3.63) is 52.6 Å². The first-order valence-electron chi connectivity index (χ1n) is 7.04. The molecule has 2 aromatic heterocycles. The van der Waals surface area contributed by atoms with Gasteiger partial charge in [0.2, 0.25) is 0 Å². The van der Waals surface area contributed by atoms with Crippen LogP contribution < -0.4 is 5.56 Å². The average Bonchev–Trinajstić information content (AvgIpc) is 2.98. The fourth-order valence-corrected chi connectivity index (χ4v) is 2.29. The highest BCUT2D eigenvalue weighted by atomic mass is 16.5. The number of carbonyl (C=O) groups excluding carboxylic acids is 1. The molecule has 1 unspecified atom stereocenters. The summed E-state index contributed by atoms with van der Waals surface area (Å²) in [6.07, 6.45) is 1.32. The molecule has 0 radical (unpaired) electrons. The quantitative estimate of drug-likeness (QED) is 0.661. The van der Waals surface area contributed by atoms with Gasteiger partial charge in [0.1, 0.15) is 12.4 Å². The number of carbonyl (C=O) groups is 1. The molecular weight excluding hydrogens is 298 g/mol. The third-order valence-corrected chi connectivity index (χ3v) is 3.59. The van der Waals surface area contributed by atoms with E-state index in [1.165, 1.54) is 18.0 Å². The lowest BCUT2D eigenvalue weighted by Gasteiger charge is -2.11. The molecule has 0 aliphatic heterocycles. The zero-order chi connectivity index (χ0) is 16.4. The van der Waals surface area contributed by atoms with Crippen molar-refractivity contribution in [1.82, 2.24) is 24.5 Å². The molecule has 3 rings (SSSR count). The SMILES string of the molecule is COC(=O)C(C)n1cnc2c(nnn2Cc2ccccc2)c1=O. The van der Waals surface area contributed by atoms with Crippen LogP contribution in [0.15, 0.2) is 41.5 Å². The van der Waals surface area contributed by atoms with Crippen molar-refractivity contribution in [3.8, 4) is 0 Å². The third-order valence-electron chi connectivity index (χ3n) is 3.59. The predicted octanol–water partition coefficient (Wildman–Crippen LogP) is 0.770. The van der Waals surface area contributed by atoms with Gasteiger partial charge < -0.3 is 4.74 Å². The van der Waals surface area contributed by atoms with Gasteiger partial charge in [0.15, 0.2) is 11.2 Å². The van der Waals surface area contributed by atoms with E-state index in [0.29, 0.717) is 12.2 Å². The number of hydrogen-bond acceptors (Lipinski definition) is 6. The van der Waals surface area contributed by atoms with Gasteiger partial charge in [0, 0.05) is 0 Å². The Morgan fingerprint density at radius 1 is 1.30 bits per heavy atom. The number of benzene rings is 1. The van der Waals surface area contributed by atoms with Crippen LogP contribution in [0.4, 0.5) is 0 Å². The normalized spacial score (nSPS) is 12.3. The smallest absolute Gasteiger partial charge is 0.328 e. The summed E-state index contributed by atoms with van der Waals surface area (Å²) in [5, 5.41) is 7.90. The predicted molar refractivity (Wildman–Crippen MR) is 81.9 cm³/mol. The van der Waals surface area contributed by atoms with Crippen LogP contribution in [0.25, 0.3) is 11.2 Å². The van der Waals surface area contributed by atoms with Gasteiger partial charge >= 0.3 is 5.97 Å². The van der Waals surface area contributed by atoms with Gasteiger partial charge in [-0.1, -0.05) is 35.5 Å². The van der Waals surface area contributed by atoms with E-state index in [1.54, 1.807) is 11.6 Å². The fraction of sp³-hybridized carbons (Fsp3) is 0.267. The summed E-state index contributed by atoms with van der Waals surface area (Å²) < 4.78 is 7.39. The minimum atomic E-state index is -0.774. The minimum absolute atomic E-state index is 0.124. The Morgan fingerprint density at radius 2 is 2.04 bits per heavy atom. The summed E-state index contributed by atoms with van der Waals surface area (Å²) in [6, 6.07) is 8.90. The van der Waals surface area contributed by atoms with Crippen LogP contribution in [-0.2, 0) is 16.1 Å². The summed E-state index contributed by atoms with van der Waals surface area (Å²) in [6.45, 7) is 2.02. The van der Waals surface area contributed by atoms with Crippen molar-refractivity contribution in [1.29, 1.82) is 0 Å². The van der Waals surface area contributed by atoms with Gasteiger partial charge in [-0.15, -0.1) is 5.10 Å². The molecule has 8 heteroatoms. The number of methoxy groups -OCH3 is 1. The van der Waals surface area contributed by atoms with E-state index in [1.807, 2.05) is 30.3 Å². The minimum Gasteiger partial charge on any atom is -0.467 e. The number of fused-ring (bicyclic) bond motifs is 1. The Kier molecular flexibility index (Phi) is 3.88. The molecule has 23 heavy (non-hydrogen) atoms. The fourth-order valence-electron chi connectivity index (χ4n) is 2.29. The zero-order valence-corrected chi connectivity index (χ0v) is 12.7. The number of ether oxygens (including phenoxy) is 1. The number of esters is 1. The summed E-state index contributed by atoms with van der Waals surface area (Å²) in [5.41, 5.74) is 1.10. The largest absolute Gasteiger partial charge is 0.467 e. The molecule has 1 atom stereocenters. The topological polar surface area (TPSA) is 91.9 Å². The van der Waals surface area contributed by atoms with Crippen LogP contribution in [0.1, 0.15) is 18.5 Å². The molecule has 0 N–H and O–H groups in total. The molecule has 0 amide bonds. The van der Waals surface area contributed by atoms with E-state index < -0.39 is 17.6 Å². The number of rotatable bonds is 4. The second-order valence-corrected chi connectivity index (χ2v) is 5.06. The maximum absolute atomic E-state index is 12.5. The van der Waals surface area contributed by atoms with Crippen molar-refractivity contribution in [2.75, 3.05) is 7.11 Å². The highest BCUT2D eigenvalue weighted by molar-refractivity contribution is 5.74. The molecule has 0 aliphatic rings. The van der Waals surface area contributed by atoms with Crippen LogP contribution in [0.2, 0.25) is 0 Å². The Hall–Kier alpha value is -3.03. The summed E-state index contributed by atoms with van der Waals surface area (Å²) in [7, 11) is 1.27. The van der Waals surface area contributed by atoms with E-state index in [2.05, 4.69) is 20.0 Å². The van der Waals surface area contributed by atoms with E-state index in [-0.39, 0.29) is 5.52 Å². The van der Waals surface area contributed by atoms with E-state index in [9.17, 15) is 9.59 Å². The maximum Gasteiger partial charge on any atom is 0.328 e. The van der Waals surface area contributed by atoms with Gasteiger partial charge in [-0.2, -0.15) is 0 Å². The molecule has 0 fully saturated rings. The van der Waals surface area contributed by atoms with Crippen LogP contribution in [-0.4, -0.2) is 37.6 Å². The maximum atomic E-state index is 12.5. The molecular formula is C15H15N5O3. The van der Waals surface area contributed by atoms with Crippen molar-refractivity contribution in [3.63, 3.8) is 0 Å². The Morgan fingerprint density at radius 3 is 2.74 bits per heavy atom. The molecule has 0 aliphatic carbocycles. The molecule has 8 nitrogen and oxygen atoms in total. The average molecular weight is 313 g/mol. The highest BCUT2D eigenvalue weighted by Gasteiger charge is 2.20. The van der Waals surface area contributed by atoms with Crippen molar-refractivity contribution in [2.45, 2.75) is 19.5 Å². The van der Waals surface area contributed by atoms with Crippen LogP contribution in [0.5, 0.6) is 0 Å². The standard InChI is InChI=1S/C15H15N5O3/c1-10(15(22)23-2)19-9-16-13-12(14(19)21)17-18-20(13)8-11-6-4-3-5-7-11/h3-7,9-10H,8H2,1-2H3. The summed E-state index contributed by atoms with van der Waals surface area (Å²) in [5.74, 6) is -0.523. The number of hydrogen-bond donors (Lipinski definition) is 0. The monoisotopic (exact) mass is 313 g/mol. The number of aromatic nitrogens is 5. The van der Waals surface area contributed by atoms with Gasteiger partial charge in [0.25, 0.3) is 5.56 Å². The zero-order valence-electron chi connectivity index (χ0n) is 12.7. The van der Waals surface area contributed by atoms with Gasteiger partial charge in [-0.3, -0.25) is 9.36 Å². The molecule has 0 saturated carbocycles. The lowest BCUT2D eigenvalue weighted by molar-refractivity contribution is -0.144. The van der Waals surface area contributed by atoms with Crippen LogP contribution >= 0.6 is 0 Å². The van der Waals surface area contributed by atoms with Gasteiger partial charge in [0.05, 0.1) is 13.7 Å². The van der Waals surface area contributed by atoms with Crippen LogP contribution in [0.3, 0.4) is 0 Å². The lowest BCUT2D eigenvalue weighted by Crippen LogP contribution is -2.29. The van der Waals surface area contributed by atoms with E-state index in [0.717, 1.165) is 5.56 Å². The second kappa shape index (κ2) is 5.99. The molecule has 2 heterocycles. The molecule has 0 saturated heterocycles. The first-order valence-corrected chi connectivity index (χ1v) is 7.04. The lowest BCUT2D eigenvalue weighted by atomic mass is 10.2. The van der Waals surface area contributed by atoms with Gasteiger partial charge in [-0.05, 0) is 12.5 Å². The Labute approximate surface area is 131 Å². The molecule has 3 aromatic rings.